The molecule has 4 nitrogen and oxygen atoms in total. The highest BCUT2D eigenvalue weighted by molar-refractivity contribution is 5.78. The number of amides is 1. The van der Waals surface area contributed by atoms with Gasteiger partial charge in [-0.2, -0.15) is 0 Å². The molecule has 0 saturated heterocycles. The summed E-state index contributed by atoms with van der Waals surface area (Å²) in [6.07, 6.45) is -0.852. The van der Waals surface area contributed by atoms with E-state index in [0.29, 0.717) is 0 Å². The van der Waals surface area contributed by atoms with Crippen LogP contribution in [0.2, 0.25) is 0 Å². The minimum atomic E-state index is -0.852. The van der Waals surface area contributed by atoms with E-state index in [1.54, 1.807) is 0 Å². The molecule has 0 heterocycles. The molecule has 8 heavy (non-hydrogen) atoms. The molecule has 0 aromatic heterocycles. The normalized spacial score (nSPS) is 13.2. The lowest BCUT2D eigenvalue weighted by Crippen LogP contribution is -2.33. The van der Waals surface area contributed by atoms with Crippen molar-refractivity contribution in [2.45, 2.75) is 6.10 Å². The first-order chi connectivity index (χ1) is 3.72. The maximum Gasteiger partial charge on any atom is 0.248 e. The van der Waals surface area contributed by atoms with Gasteiger partial charge in [-0.15, -0.1) is 0 Å². The van der Waals surface area contributed by atoms with Crippen molar-refractivity contribution in [1.82, 2.24) is 0 Å². The summed E-state index contributed by atoms with van der Waals surface area (Å²) >= 11 is 0. The summed E-state index contributed by atoms with van der Waals surface area (Å²) in [7, 11) is 1.31. The van der Waals surface area contributed by atoms with Crippen LogP contribution in [0.15, 0.2) is 0 Å². The fourth-order valence-corrected chi connectivity index (χ4v) is 0.281. The number of ether oxygens (including phenoxy) is 1. The zero-order valence-electron chi connectivity index (χ0n) is 4.63. The van der Waals surface area contributed by atoms with Gasteiger partial charge in [0.15, 0.2) is 6.10 Å². The second-order valence-corrected chi connectivity index (χ2v) is 1.31. The van der Waals surface area contributed by atoms with Gasteiger partial charge in [-0.25, -0.2) is 0 Å². The Morgan fingerprint density at radius 1 is 2.00 bits per heavy atom. The molecule has 48 valence electrons. The fourth-order valence-electron chi connectivity index (χ4n) is 0.281. The molecule has 0 aromatic carbocycles. The first-order valence-electron chi connectivity index (χ1n) is 2.15. The van der Waals surface area contributed by atoms with Gasteiger partial charge in [0.25, 0.3) is 0 Å². The van der Waals surface area contributed by atoms with Crippen molar-refractivity contribution >= 4 is 5.91 Å². The first kappa shape index (κ1) is 7.39. The predicted octanol–water partition coefficient (Wildman–Crippen LogP) is -1.52. The summed E-state index contributed by atoms with van der Waals surface area (Å²) in [5.74, 6) is -0.644. The number of rotatable bonds is 3. The third-order valence-corrected chi connectivity index (χ3v) is 0.768. The molecule has 1 amide bonds. The van der Waals surface area contributed by atoms with Crippen molar-refractivity contribution in [3.8, 4) is 0 Å². The average molecular weight is 119 g/mol. The minimum absolute atomic E-state index is 0.355. The third kappa shape index (κ3) is 1.90. The number of aliphatic hydroxyl groups excluding tert-OH is 1. The molecule has 0 unspecified atom stereocenters. The number of hydrogen-bond donors (Lipinski definition) is 2. The molecule has 0 saturated carbocycles. The number of aliphatic hydroxyl groups is 1. The maximum absolute atomic E-state index is 10.1. The molecular formula is C4H9NO3. The van der Waals surface area contributed by atoms with Crippen molar-refractivity contribution < 1.29 is 14.6 Å². The molecule has 0 spiro atoms. The Kier molecular flexibility index (Phi) is 3.14. The van der Waals surface area contributed by atoms with Crippen LogP contribution in [0.4, 0.5) is 0 Å². The van der Waals surface area contributed by atoms with Crippen molar-refractivity contribution in [3.05, 3.63) is 0 Å². The van der Waals surface area contributed by atoms with Gasteiger partial charge < -0.3 is 15.6 Å². The van der Waals surface area contributed by atoms with Crippen LogP contribution in [0.3, 0.4) is 0 Å². The quantitative estimate of drug-likeness (QED) is 0.474. The van der Waals surface area contributed by atoms with Crippen LogP contribution in [0, 0.1) is 0 Å². The number of hydrogen-bond acceptors (Lipinski definition) is 3. The third-order valence-electron chi connectivity index (χ3n) is 0.768. The topological polar surface area (TPSA) is 72.6 Å². The SMILES string of the molecule is CO[C@H](CO)C(N)=O. The largest absolute Gasteiger partial charge is 0.393 e. The highest BCUT2D eigenvalue weighted by Gasteiger charge is 2.10. The Balaban J connectivity index is 3.52. The van der Waals surface area contributed by atoms with Crippen LogP contribution >= 0.6 is 0 Å². The molecule has 0 radical (unpaired) electrons. The number of carbonyl (C=O) groups excluding carboxylic acids is 1. The van der Waals surface area contributed by atoms with Gasteiger partial charge in [-0.05, 0) is 0 Å². The van der Waals surface area contributed by atoms with Gasteiger partial charge in [0.1, 0.15) is 0 Å². The van der Waals surface area contributed by atoms with Crippen molar-refractivity contribution in [2.24, 2.45) is 5.73 Å². The molecule has 0 fully saturated rings. The van der Waals surface area contributed by atoms with Crippen molar-refractivity contribution in [1.29, 1.82) is 0 Å². The van der Waals surface area contributed by atoms with Gasteiger partial charge in [-0.3, -0.25) is 4.79 Å². The van der Waals surface area contributed by atoms with Gasteiger partial charge in [-0.1, -0.05) is 0 Å². The van der Waals surface area contributed by atoms with Gasteiger partial charge in [0.2, 0.25) is 5.91 Å². The van der Waals surface area contributed by atoms with Crippen LogP contribution in [0.1, 0.15) is 0 Å². The second kappa shape index (κ2) is 3.40. The highest BCUT2D eigenvalue weighted by Crippen LogP contribution is 1.83. The first-order valence-corrected chi connectivity index (χ1v) is 2.15. The second-order valence-electron chi connectivity index (χ2n) is 1.31. The lowest BCUT2D eigenvalue weighted by atomic mass is 10.4. The predicted molar refractivity (Wildman–Crippen MR) is 27.1 cm³/mol. The summed E-state index contributed by atoms with van der Waals surface area (Å²) in [6.45, 7) is -0.355. The van der Waals surface area contributed by atoms with Gasteiger partial charge >= 0.3 is 0 Å². The summed E-state index contributed by atoms with van der Waals surface area (Å²) in [5.41, 5.74) is 4.73. The fraction of sp³-hybridized carbons (Fsp3) is 0.750. The van der Waals surface area contributed by atoms with Gasteiger partial charge in [0, 0.05) is 7.11 Å². The van der Waals surface area contributed by atoms with E-state index in [2.05, 4.69) is 4.74 Å². The maximum atomic E-state index is 10.1. The number of carbonyl (C=O) groups is 1. The lowest BCUT2D eigenvalue weighted by Gasteiger charge is -2.04. The molecule has 0 aliphatic carbocycles. The molecule has 4 heteroatoms. The van der Waals surface area contributed by atoms with E-state index in [4.69, 9.17) is 10.8 Å². The Bertz CT molecular complexity index is 79.4. The monoisotopic (exact) mass is 119 g/mol. The van der Waals surface area contributed by atoms with Crippen LogP contribution in [0.5, 0.6) is 0 Å². The van der Waals surface area contributed by atoms with Crippen LogP contribution < -0.4 is 5.73 Å². The van der Waals surface area contributed by atoms with Crippen molar-refractivity contribution in [3.63, 3.8) is 0 Å². The smallest absolute Gasteiger partial charge is 0.248 e. The van der Waals surface area contributed by atoms with E-state index >= 15 is 0 Å². The minimum Gasteiger partial charge on any atom is -0.393 e. The van der Waals surface area contributed by atoms with Crippen LogP contribution in [0.25, 0.3) is 0 Å². The van der Waals surface area contributed by atoms with E-state index in [1.165, 1.54) is 7.11 Å². The van der Waals surface area contributed by atoms with E-state index in [9.17, 15) is 4.79 Å². The highest BCUT2D eigenvalue weighted by atomic mass is 16.5. The number of nitrogens with two attached hydrogens (primary N) is 1. The zero-order chi connectivity index (χ0) is 6.57. The Morgan fingerprint density at radius 3 is 2.50 bits per heavy atom. The Labute approximate surface area is 47.2 Å². The molecule has 1 atom stereocenters. The van der Waals surface area contributed by atoms with Gasteiger partial charge in [0.05, 0.1) is 6.61 Å². The standard InChI is InChI=1S/C4H9NO3/c1-8-3(2-6)4(5)7/h3,6H,2H2,1H3,(H2,5,7)/t3-/m1/s1. The zero-order valence-corrected chi connectivity index (χ0v) is 4.63. The Hall–Kier alpha value is -0.610. The molecule has 0 aliphatic rings. The summed E-state index contributed by atoms with van der Waals surface area (Å²) < 4.78 is 4.44. The van der Waals surface area contributed by atoms with E-state index < -0.39 is 12.0 Å². The van der Waals surface area contributed by atoms with Crippen LogP contribution in [-0.4, -0.2) is 30.8 Å². The van der Waals surface area contributed by atoms with E-state index in [-0.39, 0.29) is 6.61 Å². The summed E-state index contributed by atoms with van der Waals surface area (Å²) in [5, 5.41) is 8.27. The van der Waals surface area contributed by atoms with Crippen LogP contribution in [-0.2, 0) is 9.53 Å². The van der Waals surface area contributed by atoms with Crippen molar-refractivity contribution in [2.75, 3.05) is 13.7 Å². The molecular weight excluding hydrogens is 110 g/mol. The summed E-state index contributed by atoms with van der Waals surface area (Å²) in [4.78, 5) is 10.1. The van der Waals surface area contributed by atoms with E-state index in [1.807, 2.05) is 0 Å². The number of primary amides is 1. The molecule has 0 rings (SSSR count). The molecule has 3 N–H and O–H groups in total. The van der Waals surface area contributed by atoms with E-state index in [0.717, 1.165) is 0 Å². The molecule has 0 aliphatic heterocycles. The molecule has 0 aromatic rings. The number of methoxy groups -OCH3 is 1. The summed E-state index contributed by atoms with van der Waals surface area (Å²) in [6, 6.07) is 0. The lowest BCUT2D eigenvalue weighted by molar-refractivity contribution is -0.129. The molecule has 0 bridgehead atoms. The Morgan fingerprint density at radius 2 is 2.50 bits per heavy atom. The average Bonchev–Trinajstić information content (AvgIpc) is 1.69.